The van der Waals surface area contributed by atoms with Gasteiger partial charge < -0.3 is 14.4 Å². The summed E-state index contributed by atoms with van der Waals surface area (Å²) in [6, 6.07) is 15.6. The maximum atomic E-state index is 12.6. The van der Waals surface area contributed by atoms with E-state index in [-0.39, 0.29) is 12.0 Å². The molecular formula is C22H23N3O3. The number of methoxy groups -OCH3 is 1. The Kier molecular flexibility index (Phi) is 5.37. The van der Waals surface area contributed by atoms with E-state index in [9.17, 15) is 4.79 Å². The minimum absolute atomic E-state index is 0.0426. The number of fused-ring (bicyclic) bond motifs is 1. The predicted octanol–water partition coefficient (Wildman–Crippen LogP) is 3.25. The lowest BCUT2D eigenvalue weighted by molar-refractivity contribution is -0.132. The van der Waals surface area contributed by atoms with Crippen LogP contribution in [-0.2, 0) is 11.2 Å². The first-order valence-electron chi connectivity index (χ1n) is 9.51. The van der Waals surface area contributed by atoms with Crippen molar-refractivity contribution in [2.45, 2.75) is 25.4 Å². The molecule has 0 radical (unpaired) electrons. The Balaban J connectivity index is 1.34. The van der Waals surface area contributed by atoms with Crippen LogP contribution in [0, 0.1) is 0 Å². The van der Waals surface area contributed by atoms with Crippen molar-refractivity contribution >= 4 is 16.7 Å². The number of carbonyl (C=O) groups is 1. The molecule has 28 heavy (non-hydrogen) atoms. The fourth-order valence-electron chi connectivity index (χ4n) is 3.54. The molecule has 144 valence electrons. The molecule has 3 aromatic rings. The molecule has 0 saturated carbocycles. The third-order valence-electron chi connectivity index (χ3n) is 5.10. The van der Waals surface area contributed by atoms with E-state index in [2.05, 4.69) is 10.2 Å². The van der Waals surface area contributed by atoms with Crippen molar-refractivity contribution in [3.63, 3.8) is 0 Å². The van der Waals surface area contributed by atoms with Gasteiger partial charge in [0.15, 0.2) is 0 Å². The maximum Gasteiger partial charge on any atom is 0.241 e. The number of nitrogens with zero attached hydrogens (tertiary/aromatic N) is 3. The van der Waals surface area contributed by atoms with E-state index in [1.54, 1.807) is 13.3 Å². The van der Waals surface area contributed by atoms with Gasteiger partial charge in [-0.1, -0.05) is 30.3 Å². The molecule has 1 aliphatic heterocycles. The molecule has 1 fully saturated rings. The molecule has 1 aromatic heterocycles. The molecule has 0 aliphatic carbocycles. The lowest BCUT2D eigenvalue weighted by Crippen LogP contribution is -2.42. The number of benzene rings is 2. The summed E-state index contributed by atoms with van der Waals surface area (Å²) in [7, 11) is 1.63. The number of carbonyl (C=O) groups excluding carboxylic acids is 1. The molecule has 2 heterocycles. The van der Waals surface area contributed by atoms with Gasteiger partial charge in [0.2, 0.25) is 11.8 Å². The molecule has 1 amide bonds. The maximum absolute atomic E-state index is 12.6. The monoisotopic (exact) mass is 377 g/mol. The number of aromatic nitrogens is 2. The van der Waals surface area contributed by atoms with Gasteiger partial charge in [0.05, 0.1) is 19.7 Å². The fourth-order valence-corrected chi connectivity index (χ4v) is 3.54. The number of hydrogen-bond acceptors (Lipinski definition) is 5. The van der Waals surface area contributed by atoms with Crippen LogP contribution in [0.3, 0.4) is 0 Å². The Morgan fingerprint density at radius 2 is 1.96 bits per heavy atom. The van der Waals surface area contributed by atoms with Crippen LogP contribution in [0.5, 0.6) is 11.6 Å². The number of ether oxygens (including phenoxy) is 2. The lowest BCUT2D eigenvalue weighted by Gasteiger charge is -2.32. The molecule has 1 saturated heterocycles. The van der Waals surface area contributed by atoms with Gasteiger partial charge in [-0.2, -0.15) is 5.10 Å². The fraction of sp³-hybridized carbons (Fsp3) is 0.318. The first-order chi connectivity index (χ1) is 13.7. The first kappa shape index (κ1) is 18.2. The second-order valence-corrected chi connectivity index (χ2v) is 6.96. The summed E-state index contributed by atoms with van der Waals surface area (Å²) in [6.07, 6.45) is 3.74. The SMILES string of the molecule is COc1cccc(CC(=O)N2CCC(Oc3nncc4ccccc34)CC2)c1. The van der Waals surface area contributed by atoms with Gasteiger partial charge in [-0.25, -0.2) is 0 Å². The minimum atomic E-state index is 0.0426. The van der Waals surface area contributed by atoms with Gasteiger partial charge in [0, 0.05) is 36.7 Å². The van der Waals surface area contributed by atoms with Gasteiger partial charge in [-0.3, -0.25) is 4.79 Å². The van der Waals surface area contributed by atoms with Crippen LogP contribution in [0.2, 0.25) is 0 Å². The van der Waals surface area contributed by atoms with Crippen molar-refractivity contribution in [2.24, 2.45) is 0 Å². The van der Waals surface area contributed by atoms with Crippen molar-refractivity contribution in [1.82, 2.24) is 15.1 Å². The van der Waals surface area contributed by atoms with Crippen LogP contribution in [0.15, 0.2) is 54.7 Å². The van der Waals surface area contributed by atoms with Gasteiger partial charge in [-0.15, -0.1) is 5.10 Å². The van der Waals surface area contributed by atoms with E-state index in [0.717, 1.165) is 34.9 Å². The van der Waals surface area contributed by atoms with E-state index in [4.69, 9.17) is 9.47 Å². The normalized spacial score (nSPS) is 14.8. The van der Waals surface area contributed by atoms with E-state index < -0.39 is 0 Å². The second kappa shape index (κ2) is 8.25. The Labute approximate surface area is 164 Å². The number of likely N-dealkylation sites (tertiary alicyclic amines) is 1. The number of rotatable bonds is 5. The summed E-state index contributed by atoms with van der Waals surface area (Å²) in [5.41, 5.74) is 0.966. The Hall–Kier alpha value is -3.15. The number of hydrogen-bond donors (Lipinski definition) is 0. The average molecular weight is 377 g/mol. The summed E-state index contributed by atoms with van der Waals surface area (Å²) in [5, 5.41) is 10.2. The summed E-state index contributed by atoms with van der Waals surface area (Å²) in [5.74, 6) is 1.48. The van der Waals surface area contributed by atoms with Crippen molar-refractivity contribution in [3.05, 3.63) is 60.3 Å². The third-order valence-corrected chi connectivity index (χ3v) is 5.10. The minimum Gasteiger partial charge on any atom is -0.497 e. The molecule has 0 bridgehead atoms. The summed E-state index contributed by atoms with van der Waals surface area (Å²) in [4.78, 5) is 14.5. The highest BCUT2D eigenvalue weighted by atomic mass is 16.5. The highest BCUT2D eigenvalue weighted by Crippen LogP contribution is 2.25. The van der Waals surface area contributed by atoms with Gasteiger partial charge in [-0.05, 0) is 23.8 Å². The zero-order valence-corrected chi connectivity index (χ0v) is 15.9. The molecular weight excluding hydrogens is 354 g/mol. The van der Waals surface area contributed by atoms with E-state index in [1.807, 2.05) is 53.4 Å². The van der Waals surface area contributed by atoms with Gasteiger partial charge in [0.1, 0.15) is 11.9 Å². The molecule has 6 nitrogen and oxygen atoms in total. The molecule has 6 heteroatoms. The van der Waals surface area contributed by atoms with Crippen LogP contribution in [0.25, 0.3) is 10.8 Å². The summed E-state index contributed by atoms with van der Waals surface area (Å²) < 4.78 is 11.3. The van der Waals surface area contributed by atoms with Gasteiger partial charge in [0.25, 0.3) is 0 Å². The molecule has 0 N–H and O–H groups in total. The highest BCUT2D eigenvalue weighted by Gasteiger charge is 2.25. The largest absolute Gasteiger partial charge is 0.497 e. The molecule has 4 rings (SSSR count). The van der Waals surface area contributed by atoms with Crippen LogP contribution in [0.1, 0.15) is 18.4 Å². The van der Waals surface area contributed by atoms with Gasteiger partial charge >= 0.3 is 0 Å². The van der Waals surface area contributed by atoms with Crippen LogP contribution >= 0.6 is 0 Å². The molecule has 2 aromatic carbocycles. The smallest absolute Gasteiger partial charge is 0.241 e. The zero-order valence-electron chi connectivity index (χ0n) is 15.9. The lowest BCUT2D eigenvalue weighted by atomic mass is 10.1. The third kappa shape index (κ3) is 4.06. The second-order valence-electron chi connectivity index (χ2n) is 6.96. The van der Waals surface area contributed by atoms with E-state index in [0.29, 0.717) is 25.4 Å². The average Bonchev–Trinajstić information content (AvgIpc) is 2.74. The zero-order chi connectivity index (χ0) is 19.3. The number of amides is 1. The molecule has 0 spiro atoms. The number of piperidine rings is 1. The molecule has 0 atom stereocenters. The summed E-state index contributed by atoms with van der Waals surface area (Å²) in [6.45, 7) is 1.37. The van der Waals surface area contributed by atoms with Crippen LogP contribution < -0.4 is 9.47 Å². The Morgan fingerprint density at radius 1 is 1.14 bits per heavy atom. The van der Waals surface area contributed by atoms with Crippen molar-refractivity contribution < 1.29 is 14.3 Å². The van der Waals surface area contributed by atoms with Crippen LogP contribution in [0.4, 0.5) is 0 Å². The van der Waals surface area contributed by atoms with Crippen molar-refractivity contribution in [3.8, 4) is 11.6 Å². The molecule has 1 aliphatic rings. The van der Waals surface area contributed by atoms with Crippen molar-refractivity contribution in [2.75, 3.05) is 20.2 Å². The summed E-state index contributed by atoms with van der Waals surface area (Å²) >= 11 is 0. The first-order valence-corrected chi connectivity index (χ1v) is 9.51. The molecule has 0 unspecified atom stereocenters. The quantitative estimate of drug-likeness (QED) is 0.683. The van der Waals surface area contributed by atoms with Crippen LogP contribution in [-0.4, -0.2) is 47.3 Å². The van der Waals surface area contributed by atoms with E-state index in [1.165, 1.54) is 0 Å². The standard InChI is InChI=1S/C22H23N3O3/c1-27-19-7-4-5-16(13-19)14-21(26)25-11-9-18(10-12-25)28-22-20-8-3-2-6-17(20)15-23-24-22/h2-8,13,15,18H,9-12,14H2,1H3. The highest BCUT2D eigenvalue weighted by molar-refractivity contribution is 5.85. The topological polar surface area (TPSA) is 64.5 Å². The van der Waals surface area contributed by atoms with Crippen molar-refractivity contribution in [1.29, 1.82) is 0 Å². The van der Waals surface area contributed by atoms with E-state index >= 15 is 0 Å². The Morgan fingerprint density at radius 3 is 2.79 bits per heavy atom. The Bertz CT molecular complexity index is 963. The predicted molar refractivity (Wildman–Crippen MR) is 106 cm³/mol.